The Kier molecular flexibility index (Phi) is 6.30. The van der Waals surface area contributed by atoms with E-state index in [1.165, 1.54) is 6.42 Å². The van der Waals surface area contributed by atoms with Crippen molar-refractivity contribution >= 4 is 0 Å². The second-order valence-corrected chi connectivity index (χ2v) is 4.74. The topological polar surface area (TPSA) is 28.4 Å². The molecule has 1 heterocycles. The largest absolute Gasteiger partial charge is 0.463 e. The van der Waals surface area contributed by atoms with Gasteiger partial charge in [-0.2, -0.15) is 0 Å². The maximum Gasteiger partial charge on any atom is 0.118 e. The third kappa shape index (κ3) is 4.92. The van der Waals surface area contributed by atoms with Gasteiger partial charge in [0.2, 0.25) is 0 Å². The zero-order valence-corrected chi connectivity index (χ0v) is 11.6. The van der Waals surface area contributed by atoms with Gasteiger partial charge >= 0.3 is 0 Å². The summed E-state index contributed by atoms with van der Waals surface area (Å²) in [5, 5.41) is 3.10. The van der Waals surface area contributed by atoms with E-state index in [9.17, 15) is 0 Å². The molecule has 0 aromatic carbocycles. The van der Waals surface area contributed by atoms with E-state index in [1.54, 1.807) is 0 Å². The van der Waals surface area contributed by atoms with Crippen LogP contribution in [0, 0.1) is 5.92 Å². The lowest BCUT2D eigenvalue weighted by Gasteiger charge is -2.22. The minimum atomic E-state index is 0.752. The molecule has 0 aliphatic carbocycles. The summed E-state index contributed by atoms with van der Waals surface area (Å²) in [4.78, 5) is 2.44. The molecular weight excluding hydrogens is 212 g/mol. The van der Waals surface area contributed by atoms with Gasteiger partial charge in [-0.15, -0.1) is 0 Å². The molecule has 0 fully saturated rings. The highest BCUT2D eigenvalue weighted by Gasteiger charge is 2.10. The molecule has 17 heavy (non-hydrogen) atoms. The molecule has 0 radical (unpaired) electrons. The summed E-state index contributed by atoms with van der Waals surface area (Å²) in [6.45, 7) is 10.7. The maximum absolute atomic E-state index is 5.77. The molecule has 0 saturated carbocycles. The van der Waals surface area contributed by atoms with Gasteiger partial charge in [0, 0.05) is 6.54 Å². The van der Waals surface area contributed by atoms with Crippen molar-refractivity contribution < 1.29 is 4.42 Å². The van der Waals surface area contributed by atoms with Crippen LogP contribution in [-0.4, -0.2) is 25.0 Å². The molecule has 0 bridgehead atoms. The Balaban J connectivity index is 2.48. The van der Waals surface area contributed by atoms with E-state index in [-0.39, 0.29) is 0 Å². The van der Waals surface area contributed by atoms with Crippen LogP contribution in [0.5, 0.6) is 0 Å². The van der Waals surface area contributed by atoms with Crippen LogP contribution < -0.4 is 5.32 Å². The normalized spacial score (nSPS) is 13.2. The molecule has 1 aromatic rings. The molecule has 0 aliphatic heterocycles. The summed E-state index contributed by atoms with van der Waals surface area (Å²) >= 11 is 0. The summed E-state index contributed by atoms with van der Waals surface area (Å²) in [6.07, 6.45) is 1.24. The molecule has 98 valence electrons. The van der Waals surface area contributed by atoms with Gasteiger partial charge in [-0.1, -0.05) is 27.2 Å². The third-order valence-corrected chi connectivity index (χ3v) is 3.16. The van der Waals surface area contributed by atoms with E-state index in [2.05, 4.69) is 43.1 Å². The standard InChI is InChI=1S/C14H26N2O/c1-5-12(3)10-16(6-2)11-14-8-7-13(17-14)9-15-4/h7-8,12,15H,5-6,9-11H2,1-4H3. The number of hydrogen-bond acceptors (Lipinski definition) is 3. The number of furan rings is 1. The zero-order valence-electron chi connectivity index (χ0n) is 11.6. The zero-order chi connectivity index (χ0) is 12.7. The fraction of sp³-hybridized carbons (Fsp3) is 0.714. The van der Waals surface area contributed by atoms with Gasteiger partial charge < -0.3 is 9.73 Å². The highest BCUT2D eigenvalue weighted by Crippen LogP contribution is 2.12. The fourth-order valence-electron chi connectivity index (χ4n) is 1.87. The van der Waals surface area contributed by atoms with Crippen molar-refractivity contribution in [2.45, 2.75) is 40.3 Å². The lowest BCUT2D eigenvalue weighted by atomic mass is 10.1. The molecule has 3 nitrogen and oxygen atoms in total. The van der Waals surface area contributed by atoms with Crippen LogP contribution in [-0.2, 0) is 13.1 Å². The molecule has 1 aromatic heterocycles. The molecule has 1 atom stereocenters. The summed E-state index contributed by atoms with van der Waals surface area (Å²) in [6, 6.07) is 4.15. The van der Waals surface area contributed by atoms with Gasteiger partial charge in [-0.25, -0.2) is 0 Å². The van der Waals surface area contributed by atoms with Crippen LogP contribution in [0.2, 0.25) is 0 Å². The molecule has 0 spiro atoms. The molecule has 1 N–H and O–H groups in total. The Hall–Kier alpha value is -0.800. The van der Waals surface area contributed by atoms with Crippen LogP contribution in [0.25, 0.3) is 0 Å². The predicted octanol–water partition coefficient (Wildman–Crippen LogP) is 2.87. The van der Waals surface area contributed by atoms with Crippen molar-refractivity contribution in [1.29, 1.82) is 0 Å². The number of nitrogens with zero attached hydrogens (tertiary/aromatic N) is 1. The maximum atomic E-state index is 5.77. The van der Waals surface area contributed by atoms with Crippen LogP contribution >= 0.6 is 0 Å². The first-order valence-electron chi connectivity index (χ1n) is 6.64. The van der Waals surface area contributed by atoms with Crippen LogP contribution in [0.3, 0.4) is 0 Å². The predicted molar refractivity (Wildman–Crippen MR) is 71.9 cm³/mol. The summed E-state index contributed by atoms with van der Waals surface area (Å²) < 4.78 is 5.77. The minimum absolute atomic E-state index is 0.752. The lowest BCUT2D eigenvalue weighted by Crippen LogP contribution is -2.27. The van der Waals surface area contributed by atoms with Gasteiger partial charge in [0.05, 0.1) is 13.1 Å². The van der Waals surface area contributed by atoms with Crippen LogP contribution in [0.15, 0.2) is 16.5 Å². The molecule has 1 unspecified atom stereocenters. The Morgan fingerprint density at radius 1 is 1.29 bits per heavy atom. The first-order chi connectivity index (χ1) is 8.19. The monoisotopic (exact) mass is 238 g/mol. The quantitative estimate of drug-likeness (QED) is 0.755. The van der Waals surface area contributed by atoms with E-state index >= 15 is 0 Å². The van der Waals surface area contributed by atoms with Crippen molar-refractivity contribution in [3.8, 4) is 0 Å². The second-order valence-electron chi connectivity index (χ2n) is 4.74. The Labute approximate surface area is 105 Å². The lowest BCUT2D eigenvalue weighted by molar-refractivity contribution is 0.219. The van der Waals surface area contributed by atoms with Crippen molar-refractivity contribution in [3.05, 3.63) is 23.7 Å². The van der Waals surface area contributed by atoms with Gasteiger partial charge in [0.1, 0.15) is 11.5 Å². The van der Waals surface area contributed by atoms with Crippen molar-refractivity contribution in [2.24, 2.45) is 5.92 Å². The van der Waals surface area contributed by atoms with Crippen molar-refractivity contribution in [3.63, 3.8) is 0 Å². The van der Waals surface area contributed by atoms with Gasteiger partial charge in [0.15, 0.2) is 0 Å². The summed E-state index contributed by atoms with van der Waals surface area (Å²) in [7, 11) is 1.93. The fourth-order valence-corrected chi connectivity index (χ4v) is 1.87. The van der Waals surface area contributed by atoms with Gasteiger partial charge in [-0.05, 0) is 31.6 Å². The smallest absolute Gasteiger partial charge is 0.118 e. The van der Waals surface area contributed by atoms with E-state index in [1.807, 2.05) is 7.05 Å². The molecular formula is C14H26N2O. The van der Waals surface area contributed by atoms with Crippen LogP contribution in [0.1, 0.15) is 38.7 Å². The van der Waals surface area contributed by atoms with Gasteiger partial charge in [0.25, 0.3) is 0 Å². The number of nitrogens with one attached hydrogen (secondary N) is 1. The molecule has 0 aliphatic rings. The summed E-state index contributed by atoms with van der Waals surface area (Å²) in [5.74, 6) is 2.84. The van der Waals surface area contributed by atoms with Crippen molar-refractivity contribution in [2.75, 3.05) is 20.1 Å². The molecule has 0 saturated heterocycles. The minimum Gasteiger partial charge on any atom is -0.463 e. The van der Waals surface area contributed by atoms with Crippen molar-refractivity contribution in [1.82, 2.24) is 10.2 Å². The highest BCUT2D eigenvalue weighted by molar-refractivity contribution is 5.07. The first-order valence-corrected chi connectivity index (χ1v) is 6.64. The number of rotatable bonds is 8. The van der Waals surface area contributed by atoms with Crippen LogP contribution in [0.4, 0.5) is 0 Å². The summed E-state index contributed by atoms with van der Waals surface area (Å²) in [5.41, 5.74) is 0. The van der Waals surface area contributed by atoms with E-state index in [0.717, 1.165) is 43.6 Å². The van der Waals surface area contributed by atoms with Gasteiger partial charge in [-0.3, -0.25) is 4.90 Å². The average Bonchev–Trinajstić information content (AvgIpc) is 2.76. The Bertz CT molecular complexity index is 309. The SMILES string of the molecule is CCC(C)CN(CC)Cc1ccc(CNC)o1. The Morgan fingerprint density at radius 3 is 2.59 bits per heavy atom. The number of hydrogen-bond donors (Lipinski definition) is 1. The molecule has 0 amide bonds. The van der Waals surface area contributed by atoms with E-state index in [4.69, 9.17) is 4.42 Å². The molecule has 3 heteroatoms. The Morgan fingerprint density at radius 2 is 2.00 bits per heavy atom. The van der Waals surface area contributed by atoms with E-state index in [0.29, 0.717) is 0 Å². The average molecular weight is 238 g/mol. The second kappa shape index (κ2) is 7.51. The highest BCUT2D eigenvalue weighted by atomic mass is 16.3. The van der Waals surface area contributed by atoms with E-state index < -0.39 is 0 Å². The first kappa shape index (κ1) is 14.3. The molecule has 1 rings (SSSR count). The third-order valence-electron chi connectivity index (χ3n) is 3.16.